The van der Waals surface area contributed by atoms with Gasteiger partial charge in [-0.3, -0.25) is 9.59 Å². The first-order chi connectivity index (χ1) is 15.0. The summed E-state index contributed by atoms with van der Waals surface area (Å²) < 4.78 is 21.0. The average Bonchev–Trinajstić information content (AvgIpc) is 3.52. The van der Waals surface area contributed by atoms with Crippen molar-refractivity contribution in [1.29, 1.82) is 0 Å². The molecule has 31 heavy (non-hydrogen) atoms. The molecule has 1 aliphatic heterocycles. The molecular formula is C22H20FN3O4S. The number of aliphatic hydroxyl groups excluding tert-OH is 1. The first-order valence-corrected chi connectivity index (χ1v) is 10.5. The van der Waals surface area contributed by atoms with E-state index < -0.39 is 29.3 Å². The molecule has 1 amide bonds. The molecule has 0 radical (unpaired) electrons. The molecule has 9 heteroatoms. The molecule has 2 aromatic heterocycles. The highest BCUT2D eigenvalue weighted by atomic mass is 32.1. The maximum Gasteiger partial charge on any atom is 0.295 e. The van der Waals surface area contributed by atoms with Crippen LogP contribution in [0.15, 0.2) is 60.0 Å². The fourth-order valence-corrected chi connectivity index (χ4v) is 4.55. The summed E-state index contributed by atoms with van der Waals surface area (Å²) in [5, 5.41) is 12.9. The lowest BCUT2D eigenvalue weighted by Gasteiger charge is -2.24. The zero-order valence-corrected chi connectivity index (χ0v) is 17.5. The largest absolute Gasteiger partial charge is 0.507 e. The molecule has 1 N–H and O–H groups in total. The molecule has 7 nitrogen and oxygen atoms in total. The number of ether oxygens (including phenoxy) is 1. The highest BCUT2D eigenvalue weighted by Crippen LogP contribution is 2.42. The molecular weight excluding hydrogens is 421 g/mol. The van der Waals surface area contributed by atoms with E-state index in [2.05, 4.69) is 4.98 Å². The molecule has 1 atom stereocenters. The molecule has 1 aromatic carbocycles. The lowest BCUT2D eigenvalue weighted by atomic mass is 9.99. The number of hydrogen-bond acceptors (Lipinski definition) is 6. The van der Waals surface area contributed by atoms with Gasteiger partial charge in [0, 0.05) is 30.4 Å². The maximum atomic E-state index is 13.9. The van der Waals surface area contributed by atoms with E-state index in [1.807, 2.05) is 22.2 Å². The zero-order chi connectivity index (χ0) is 22.0. The number of rotatable bonds is 7. The number of Topliss-reactive ketones (excluding diaryl/α,β-unsaturated/α-hetero) is 1. The third kappa shape index (κ3) is 3.96. The van der Waals surface area contributed by atoms with Gasteiger partial charge in [-0.1, -0.05) is 6.07 Å². The number of thiophene rings is 1. The Balaban J connectivity index is 1.74. The third-order valence-electron chi connectivity index (χ3n) is 5.14. The van der Waals surface area contributed by atoms with Crippen molar-refractivity contribution in [3.8, 4) is 5.75 Å². The normalized spacial score (nSPS) is 18.0. The van der Waals surface area contributed by atoms with Crippen molar-refractivity contribution in [2.24, 2.45) is 0 Å². The number of imidazole rings is 1. The van der Waals surface area contributed by atoms with Gasteiger partial charge in [-0.2, -0.15) is 0 Å². The lowest BCUT2D eigenvalue weighted by Crippen LogP contribution is -2.31. The molecule has 3 heterocycles. The number of nitrogens with zero attached hydrogens (tertiary/aromatic N) is 3. The van der Waals surface area contributed by atoms with Gasteiger partial charge in [0.25, 0.3) is 11.7 Å². The molecule has 1 aliphatic rings. The van der Waals surface area contributed by atoms with Crippen molar-refractivity contribution in [2.75, 3.05) is 13.7 Å². The number of amides is 1. The van der Waals surface area contributed by atoms with Crippen molar-refractivity contribution in [3.63, 3.8) is 0 Å². The number of aryl methyl sites for hydroxylation is 1. The van der Waals surface area contributed by atoms with Crippen LogP contribution < -0.4 is 4.74 Å². The summed E-state index contributed by atoms with van der Waals surface area (Å²) in [7, 11) is 1.38. The Morgan fingerprint density at radius 1 is 1.29 bits per heavy atom. The molecule has 1 fully saturated rings. The number of aromatic nitrogens is 2. The number of carbonyl (C=O) groups is 2. The highest BCUT2D eigenvalue weighted by Gasteiger charge is 2.46. The Hall–Kier alpha value is -3.46. The fourth-order valence-electron chi connectivity index (χ4n) is 3.71. The summed E-state index contributed by atoms with van der Waals surface area (Å²) in [6.07, 6.45) is 5.76. The Labute approximate surface area is 182 Å². The van der Waals surface area contributed by atoms with Gasteiger partial charge in [0.15, 0.2) is 0 Å². The molecule has 1 unspecified atom stereocenters. The number of ketones is 1. The van der Waals surface area contributed by atoms with Crippen LogP contribution in [0.2, 0.25) is 0 Å². The number of methoxy groups -OCH3 is 1. The van der Waals surface area contributed by atoms with Crippen molar-refractivity contribution < 1.29 is 23.8 Å². The molecule has 0 saturated carbocycles. The van der Waals surface area contributed by atoms with Gasteiger partial charge in [0.1, 0.15) is 17.3 Å². The highest BCUT2D eigenvalue weighted by molar-refractivity contribution is 7.10. The van der Waals surface area contributed by atoms with E-state index in [0.717, 1.165) is 10.9 Å². The third-order valence-corrected chi connectivity index (χ3v) is 6.07. The van der Waals surface area contributed by atoms with Gasteiger partial charge < -0.3 is 19.3 Å². The zero-order valence-electron chi connectivity index (χ0n) is 16.7. The number of halogens is 1. The molecule has 0 spiro atoms. The van der Waals surface area contributed by atoms with Crippen LogP contribution in [-0.2, 0) is 16.1 Å². The summed E-state index contributed by atoms with van der Waals surface area (Å²) >= 11 is 1.38. The minimum atomic E-state index is -0.801. The van der Waals surface area contributed by atoms with Crippen LogP contribution in [0.5, 0.6) is 5.75 Å². The second kappa shape index (κ2) is 8.73. The minimum absolute atomic E-state index is 0.0282. The van der Waals surface area contributed by atoms with Crippen molar-refractivity contribution >= 4 is 28.8 Å². The van der Waals surface area contributed by atoms with Gasteiger partial charge >= 0.3 is 0 Å². The first kappa shape index (κ1) is 20.8. The summed E-state index contributed by atoms with van der Waals surface area (Å²) in [4.78, 5) is 32.0. The number of carbonyl (C=O) groups excluding carboxylic acids is 2. The SMILES string of the molecule is COc1ccc(F)cc1C(O)=C1C(=O)C(=O)N(CCCn2ccnc2)C1c1cccs1. The van der Waals surface area contributed by atoms with Crippen LogP contribution >= 0.6 is 11.3 Å². The second-order valence-electron chi connectivity index (χ2n) is 7.01. The van der Waals surface area contributed by atoms with Gasteiger partial charge in [0.2, 0.25) is 0 Å². The molecule has 160 valence electrons. The molecule has 0 aliphatic carbocycles. The van der Waals surface area contributed by atoms with Gasteiger partial charge in [-0.15, -0.1) is 11.3 Å². The van der Waals surface area contributed by atoms with Crippen LogP contribution in [-0.4, -0.2) is 44.9 Å². The summed E-state index contributed by atoms with van der Waals surface area (Å²) in [5.74, 6) is -2.34. The monoisotopic (exact) mass is 441 g/mol. The van der Waals surface area contributed by atoms with Crippen molar-refractivity contribution in [1.82, 2.24) is 14.5 Å². The fraction of sp³-hybridized carbons (Fsp3) is 0.227. The Morgan fingerprint density at radius 3 is 2.81 bits per heavy atom. The smallest absolute Gasteiger partial charge is 0.295 e. The lowest BCUT2D eigenvalue weighted by molar-refractivity contribution is -0.139. The Morgan fingerprint density at radius 2 is 2.13 bits per heavy atom. The number of aliphatic hydroxyl groups is 1. The van der Waals surface area contributed by atoms with Gasteiger partial charge in [0.05, 0.1) is 30.6 Å². The minimum Gasteiger partial charge on any atom is -0.507 e. The number of benzene rings is 1. The quantitative estimate of drug-likeness (QED) is 0.344. The van der Waals surface area contributed by atoms with E-state index in [4.69, 9.17) is 4.74 Å². The molecule has 1 saturated heterocycles. The van der Waals surface area contributed by atoms with Crippen LogP contribution in [0.4, 0.5) is 4.39 Å². The van der Waals surface area contributed by atoms with E-state index in [-0.39, 0.29) is 16.9 Å². The predicted molar refractivity (Wildman–Crippen MR) is 113 cm³/mol. The Kier molecular flexibility index (Phi) is 5.85. The van der Waals surface area contributed by atoms with Crippen molar-refractivity contribution in [3.05, 3.63) is 76.3 Å². The molecule has 3 aromatic rings. The second-order valence-corrected chi connectivity index (χ2v) is 7.99. The number of hydrogen-bond donors (Lipinski definition) is 1. The van der Waals surface area contributed by atoms with E-state index in [1.54, 1.807) is 18.6 Å². The van der Waals surface area contributed by atoms with Crippen molar-refractivity contribution in [2.45, 2.75) is 19.0 Å². The van der Waals surface area contributed by atoms with E-state index in [9.17, 15) is 19.1 Å². The van der Waals surface area contributed by atoms with Crippen LogP contribution in [0.1, 0.15) is 22.9 Å². The van der Waals surface area contributed by atoms with Crippen LogP contribution in [0.3, 0.4) is 0 Å². The first-order valence-electron chi connectivity index (χ1n) is 9.62. The summed E-state index contributed by atoms with van der Waals surface area (Å²) in [6.45, 7) is 0.931. The molecule has 0 bridgehead atoms. The van der Waals surface area contributed by atoms with Crippen LogP contribution in [0.25, 0.3) is 5.76 Å². The van der Waals surface area contributed by atoms with E-state index >= 15 is 0 Å². The topological polar surface area (TPSA) is 84.7 Å². The Bertz CT molecular complexity index is 1130. The standard InChI is InChI=1S/C22H20FN3O4S/c1-30-16-6-5-14(23)12-15(16)20(27)18-19(17-4-2-11-31-17)26(22(29)21(18)28)9-3-8-25-10-7-24-13-25/h2,4-7,10-13,19,27H,3,8-9H2,1H3. The van der Waals surface area contributed by atoms with Gasteiger partial charge in [-0.05, 0) is 36.1 Å². The summed E-state index contributed by atoms with van der Waals surface area (Å²) in [6, 6.07) is 6.52. The van der Waals surface area contributed by atoms with E-state index in [1.165, 1.54) is 35.5 Å². The van der Waals surface area contributed by atoms with Crippen LogP contribution in [0, 0.1) is 5.82 Å². The molecule has 4 rings (SSSR count). The van der Waals surface area contributed by atoms with E-state index in [0.29, 0.717) is 19.5 Å². The maximum absolute atomic E-state index is 13.9. The van der Waals surface area contributed by atoms with Gasteiger partial charge in [-0.25, -0.2) is 9.37 Å². The summed E-state index contributed by atoms with van der Waals surface area (Å²) in [5.41, 5.74) is -0.0422. The average molecular weight is 441 g/mol. The predicted octanol–water partition coefficient (Wildman–Crippen LogP) is 3.60. The number of likely N-dealkylation sites (tertiary alicyclic amines) is 1.